The molecule has 5 nitrogen and oxygen atoms in total. The summed E-state index contributed by atoms with van der Waals surface area (Å²) in [6, 6.07) is 26.1. The number of benzene rings is 3. The molecule has 0 aliphatic carbocycles. The van der Waals surface area contributed by atoms with E-state index in [1.807, 2.05) is 30.3 Å². The van der Waals surface area contributed by atoms with Crippen LogP contribution in [0.4, 0.5) is 0 Å². The highest BCUT2D eigenvalue weighted by Gasteiger charge is 2.37. The van der Waals surface area contributed by atoms with E-state index in [1.165, 1.54) is 0 Å². The normalized spacial score (nSPS) is 12.0. The standard InChI is InChI=1S/C25H21NO4/c27-24(20-12-6-2-7-13-20)23(25(28)21-14-8-3-9-15-21)22(18-26(29)30)17-16-19-10-4-1-5-11-19/h1-17,22-23H,18H2. The lowest BCUT2D eigenvalue weighted by Gasteiger charge is -2.20. The summed E-state index contributed by atoms with van der Waals surface area (Å²) in [6.45, 7) is -0.523. The van der Waals surface area contributed by atoms with E-state index in [9.17, 15) is 19.7 Å². The van der Waals surface area contributed by atoms with E-state index >= 15 is 0 Å². The Bertz CT molecular complexity index is 979. The average Bonchev–Trinajstić information content (AvgIpc) is 2.79. The van der Waals surface area contributed by atoms with Gasteiger partial charge in [0.2, 0.25) is 6.54 Å². The first-order valence-electron chi connectivity index (χ1n) is 9.60. The molecule has 0 aliphatic heterocycles. The number of carbonyl (C=O) groups is 2. The van der Waals surface area contributed by atoms with Crippen LogP contribution in [0.15, 0.2) is 97.1 Å². The molecule has 1 atom stereocenters. The average molecular weight is 399 g/mol. The first-order chi connectivity index (χ1) is 14.6. The molecule has 0 N–H and O–H groups in total. The maximum Gasteiger partial charge on any atom is 0.211 e. The highest BCUT2D eigenvalue weighted by Crippen LogP contribution is 2.25. The third-order valence-corrected chi connectivity index (χ3v) is 4.81. The molecule has 150 valence electrons. The van der Waals surface area contributed by atoms with E-state index in [-0.39, 0.29) is 0 Å². The van der Waals surface area contributed by atoms with Gasteiger partial charge in [0.25, 0.3) is 0 Å². The van der Waals surface area contributed by atoms with Crippen molar-refractivity contribution in [2.75, 3.05) is 6.54 Å². The lowest BCUT2D eigenvalue weighted by molar-refractivity contribution is -0.486. The van der Waals surface area contributed by atoms with Crippen LogP contribution in [0.25, 0.3) is 6.08 Å². The molecule has 30 heavy (non-hydrogen) atoms. The second-order valence-electron chi connectivity index (χ2n) is 6.89. The van der Waals surface area contributed by atoms with Crippen molar-refractivity contribution in [2.24, 2.45) is 11.8 Å². The molecule has 0 amide bonds. The van der Waals surface area contributed by atoms with Gasteiger partial charge in [-0.05, 0) is 5.56 Å². The smallest absolute Gasteiger partial charge is 0.211 e. The molecular formula is C25H21NO4. The number of hydrogen-bond donors (Lipinski definition) is 0. The highest BCUT2D eigenvalue weighted by atomic mass is 16.6. The van der Waals surface area contributed by atoms with Crippen LogP contribution in [-0.2, 0) is 0 Å². The summed E-state index contributed by atoms with van der Waals surface area (Å²) in [6.07, 6.45) is 3.32. The fourth-order valence-corrected chi connectivity index (χ4v) is 3.32. The van der Waals surface area contributed by atoms with Gasteiger partial charge in [-0.25, -0.2) is 0 Å². The molecule has 1 unspecified atom stereocenters. The predicted octanol–water partition coefficient (Wildman–Crippen LogP) is 4.97. The van der Waals surface area contributed by atoms with Crippen molar-refractivity contribution in [3.8, 4) is 0 Å². The number of rotatable bonds is 9. The molecule has 0 aliphatic rings. The Kier molecular flexibility index (Phi) is 7.00. The van der Waals surface area contributed by atoms with E-state index in [1.54, 1.807) is 72.8 Å². The summed E-state index contributed by atoms with van der Waals surface area (Å²) in [5.41, 5.74) is 1.55. The Labute approximate surface area is 174 Å². The zero-order valence-electron chi connectivity index (χ0n) is 16.3. The third-order valence-electron chi connectivity index (χ3n) is 4.81. The first kappa shape index (κ1) is 20.9. The maximum atomic E-state index is 13.3. The van der Waals surface area contributed by atoms with E-state index in [4.69, 9.17) is 0 Å². The Balaban J connectivity index is 2.04. The number of ketones is 2. The molecule has 0 fully saturated rings. The SMILES string of the molecule is O=C(c1ccccc1)C(C(=O)c1ccccc1)C(C=Cc1ccccc1)C[N+](=O)[O-]. The van der Waals surface area contributed by atoms with Crippen LogP contribution in [0.5, 0.6) is 0 Å². The Morgan fingerprint density at radius 3 is 1.63 bits per heavy atom. The van der Waals surface area contributed by atoms with Crippen molar-refractivity contribution >= 4 is 17.6 Å². The van der Waals surface area contributed by atoms with Crippen molar-refractivity contribution < 1.29 is 14.5 Å². The summed E-state index contributed by atoms with van der Waals surface area (Å²) in [5.74, 6) is -2.93. The molecule has 5 heteroatoms. The van der Waals surface area contributed by atoms with Gasteiger partial charge >= 0.3 is 0 Å². The van der Waals surface area contributed by atoms with E-state index in [0.29, 0.717) is 11.1 Å². The molecule has 0 radical (unpaired) electrons. The predicted molar refractivity (Wildman–Crippen MR) is 116 cm³/mol. The van der Waals surface area contributed by atoms with Gasteiger partial charge in [0.15, 0.2) is 11.6 Å². The Morgan fingerprint density at radius 2 is 1.20 bits per heavy atom. The van der Waals surface area contributed by atoms with Gasteiger partial charge in [-0.15, -0.1) is 0 Å². The second-order valence-corrected chi connectivity index (χ2v) is 6.89. The molecular weight excluding hydrogens is 378 g/mol. The van der Waals surface area contributed by atoms with Crippen LogP contribution in [0.1, 0.15) is 26.3 Å². The molecule has 0 saturated heterocycles. The van der Waals surface area contributed by atoms with Gasteiger partial charge in [-0.1, -0.05) is 103 Å². The summed E-state index contributed by atoms with van der Waals surface area (Å²) in [5, 5.41) is 11.4. The largest absolute Gasteiger partial charge is 0.293 e. The van der Waals surface area contributed by atoms with Crippen LogP contribution in [-0.4, -0.2) is 23.0 Å². The fraction of sp³-hybridized carbons (Fsp3) is 0.120. The van der Waals surface area contributed by atoms with Gasteiger partial charge < -0.3 is 0 Å². The van der Waals surface area contributed by atoms with Crippen LogP contribution in [0.2, 0.25) is 0 Å². The van der Waals surface area contributed by atoms with Crippen molar-refractivity contribution in [1.82, 2.24) is 0 Å². The molecule has 0 saturated carbocycles. The van der Waals surface area contributed by atoms with Gasteiger partial charge in [0, 0.05) is 16.1 Å². The van der Waals surface area contributed by atoms with Crippen LogP contribution >= 0.6 is 0 Å². The van der Waals surface area contributed by atoms with Gasteiger partial charge in [-0.3, -0.25) is 19.7 Å². The monoisotopic (exact) mass is 399 g/mol. The highest BCUT2D eigenvalue weighted by molar-refractivity contribution is 6.16. The minimum Gasteiger partial charge on any atom is -0.293 e. The molecule has 0 bridgehead atoms. The molecule has 3 aromatic rings. The van der Waals surface area contributed by atoms with Crippen molar-refractivity contribution in [3.05, 3.63) is 124 Å². The van der Waals surface area contributed by atoms with E-state index in [0.717, 1.165) is 5.56 Å². The van der Waals surface area contributed by atoms with E-state index < -0.39 is 34.9 Å². The number of nitrogens with zero attached hydrogens (tertiary/aromatic N) is 1. The van der Waals surface area contributed by atoms with Crippen LogP contribution in [0.3, 0.4) is 0 Å². The van der Waals surface area contributed by atoms with Crippen LogP contribution < -0.4 is 0 Å². The molecule has 0 spiro atoms. The number of carbonyl (C=O) groups excluding carboxylic acids is 2. The number of nitro groups is 1. The zero-order chi connectivity index (χ0) is 21.3. The third kappa shape index (κ3) is 5.35. The Hall–Kier alpha value is -3.86. The first-order valence-corrected chi connectivity index (χ1v) is 9.60. The molecule has 0 heterocycles. The van der Waals surface area contributed by atoms with Gasteiger partial charge in [-0.2, -0.15) is 0 Å². The molecule has 3 rings (SSSR count). The van der Waals surface area contributed by atoms with E-state index in [2.05, 4.69) is 0 Å². The maximum absolute atomic E-state index is 13.3. The van der Waals surface area contributed by atoms with Gasteiger partial charge in [0.05, 0.1) is 11.8 Å². The number of Topliss-reactive ketones (excluding diaryl/α,β-unsaturated/α-hetero) is 2. The minimum absolute atomic E-state index is 0.355. The van der Waals surface area contributed by atoms with Crippen molar-refractivity contribution in [3.63, 3.8) is 0 Å². The summed E-state index contributed by atoms with van der Waals surface area (Å²) >= 11 is 0. The Morgan fingerprint density at radius 1 is 0.767 bits per heavy atom. The quantitative estimate of drug-likeness (QED) is 0.220. The van der Waals surface area contributed by atoms with Crippen molar-refractivity contribution in [1.29, 1.82) is 0 Å². The lowest BCUT2D eigenvalue weighted by Crippen LogP contribution is -2.34. The lowest BCUT2D eigenvalue weighted by atomic mass is 9.80. The van der Waals surface area contributed by atoms with Crippen LogP contribution in [0, 0.1) is 22.0 Å². The summed E-state index contributed by atoms with van der Waals surface area (Å²) < 4.78 is 0. The summed E-state index contributed by atoms with van der Waals surface area (Å²) in [4.78, 5) is 37.5. The minimum atomic E-state index is -1.19. The molecule has 0 aromatic heterocycles. The number of hydrogen-bond acceptors (Lipinski definition) is 4. The van der Waals surface area contributed by atoms with Crippen molar-refractivity contribution in [2.45, 2.75) is 0 Å². The second kappa shape index (κ2) is 10.1. The topological polar surface area (TPSA) is 77.3 Å². The van der Waals surface area contributed by atoms with Gasteiger partial charge in [0.1, 0.15) is 0 Å². The zero-order valence-corrected chi connectivity index (χ0v) is 16.3. The summed E-state index contributed by atoms with van der Waals surface area (Å²) in [7, 11) is 0. The fourth-order valence-electron chi connectivity index (χ4n) is 3.32. The molecule has 3 aromatic carbocycles.